The van der Waals surface area contributed by atoms with Gasteiger partial charge in [0.1, 0.15) is 0 Å². The number of fused-ring (bicyclic) bond motifs is 1. The van der Waals surface area contributed by atoms with E-state index in [4.69, 9.17) is 4.42 Å². The number of hydrogen-bond acceptors (Lipinski definition) is 8. The van der Waals surface area contributed by atoms with E-state index in [-0.39, 0.29) is 11.6 Å². The third-order valence-electron chi connectivity index (χ3n) is 3.88. The van der Waals surface area contributed by atoms with E-state index >= 15 is 0 Å². The third kappa shape index (κ3) is 4.15. The van der Waals surface area contributed by atoms with E-state index in [1.54, 1.807) is 36.5 Å². The largest absolute Gasteiger partial charge is 0.416 e. The lowest BCUT2D eigenvalue weighted by Crippen LogP contribution is -2.22. The lowest BCUT2D eigenvalue weighted by atomic mass is 10.2. The van der Waals surface area contributed by atoms with Crippen molar-refractivity contribution in [2.24, 2.45) is 0 Å². The molecule has 0 aliphatic carbocycles. The van der Waals surface area contributed by atoms with Gasteiger partial charge in [-0.15, -0.1) is 21.5 Å². The van der Waals surface area contributed by atoms with Crippen LogP contribution in [-0.4, -0.2) is 36.3 Å². The summed E-state index contributed by atoms with van der Waals surface area (Å²) >= 11 is 2.75. The van der Waals surface area contributed by atoms with Crippen molar-refractivity contribution in [2.45, 2.75) is 30.7 Å². The van der Waals surface area contributed by atoms with Gasteiger partial charge in [0, 0.05) is 11.1 Å². The molecule has 1 amide bonds. The van der Waals surface area contributed by atoms with Crippen LogP contribution in [0.25, 0.3) is 11.0 Å². The second-order valence-corrected chi connectivity index (χ2v) is 8.44. The number of hydrogen-bond donors (Lipinski definition) is 3. The number of aryl methyl sites for hydroxylation is 1. The van der Waals surface area contributed by atoms with Crippen molar-refractivity contribution in [1.82, 2.24) is 25.1 Å². The first-order valence-electron chi connectivity index (χ1n) is 8.39. The SMILES string of the molecule is Cc1nc(Cc2nnc(S[C@@H](C)C(=O)Nc3ccc4[nH]c(=O)[nH]c4c3)o2)cs1. The highest BCUT2D eigenvalue weighted by molar-refractivity contribution is 8.00. The smallest absolute Gasteiger partial charge is 0.323 e. The van der Waals surface area contributed by atoms with Gasteiger partial charge in [-0.3, -0.25) is 4.79 Å². The molecule has 0 saturated carbocycles. The van der Waals surface area contributed by atoms with Gasteiger partial charge in [0.25, 0.3) is 5.22 Å². The Morgan fingerprint density at radius 1 is 1.32 bits per heavy atom. The average molecular weight is 416 g/mol. The summed E-state index contributed by atoms with van der Waals surface area (Å²) in [6, 6.07) is 5.15. The summed E-state index contributed by atoms with van der Waals surface area (Å²) < 4.78 is 5.61. The molecule has 0 radical (unpaired) electrons. The van der Waals surface area contributed by atoms with Crippen LogP contribution in [0.3, 0.4) is 0 Å². The summed E-state index contributed by atoms with van der Waals surface area (Å²) in [5, 5.41) is 13.6. The fraction of sp³-hybridized carbons (Fsp3) is 0.235. The number of aromatic nitrogens is 5. The summed E-state index contributed by atoms with van der Waals surface area (Å²) in [5.74, 6) is 0.249. The minimum Gasteiger partial charge on any atom is -0.416 e. The number of amides is 1. The zero-order valence-corrected chi connectivity index (χ0v) is 16.6. The second kappa shape index (κ2) is 7.60. The molecule has 4 aromatic rings. The van der Waals surface area contributed by atoms with E-state index in [1.807, 2.05) is 12.3 Å². The van der Waals surface area contributed by atoms with Gasteiger partial charge >= 0.3 is 5.69 Å². The van der Waals surface area contributed by atoms with Gasteiger partial charge in [-0.05, 0) is 32.0 Å². The van der Waals surface area contributed by atoms with Gasteiger partial charge in [0.05, 0.1) is 33.4 Å². The fourth-order valence-electron chi connectivity index (χ4n) is 2.56. The lowest BCUT2D eigenvalue weighted by molar-refractivity contribution is -0.115. The van der Waals surface area contributed by atoms with Crippen molar-refractivity contribution in [1.29, 1.82) is 0 Å². The molecule has 144 valence electrons. The molecule has 0 spiro atoms. The highest BCUT2D eigenvalue weighted by Gasteiger charge is 2.19. The van der Waals surface area contributed by atoms with Crippen molar-refractivity contribution in [2.75, 3.05) is 5.32 Å². The summed E-state index contributed by atoms with van der Waals surface area (Å²) in [4.78, 5) is 33.5. The van der Waals surface area contributed by atoms with E-state index in [1.165, 1.54) is 11.8 Å². The van der Waals surface area contributed by atoms with Crippen molar-refractivity contribution in [3.05, 3.63) is 50.7 Å². The molecule has 3 N–H and O–H groups in total. The molecule has 3 heterocycles. The maximum Gasteiger partial charge on any atom is 0.323 e. The number of thiazole rings is 1. The van der Waals surface area contributed by atoms with Crippen molar-refractivity contribution in [3.8, 4) is 0 Å². The standard InChI is InChI=1S/C17H16N6O3S2/c1-8(15(24)19-10-3-4-12-13(5-10)21-16(25)20-12)28-17-23-22-14(26-17)6-11-7-27-9(2)18-11/h3-5,7-8H,6H2,1-2H3,(H,19,24)(H2,20,21,25)/t8-/m0/s1. The molecule has 0 aliphatic heterocycles. The molecule has 0 aliphatic rings. The van der Waals surface area contributed by atoms with Crippen LogP contribution >= 0.6 is 23.1 Å². The number of rotatable bonds is 6. The second-order valence-electron chi connectivity index (χ2n) is 6.09. The van der Waals surface area contributed by atoms with Gasteiger partial charge < -0.3 is 19.7 Å². The van der Waals surface area contributed by atoms with Crippen LogP contribution in [0.15, 0.2) is 38.0 Å². The molecule has 1 aromatic carbocycles. The molecule has 9 nitrogen and oxygen atoms in total. The van der Waals surface area contributed by atoms with Crippen LogP contribution in [0.1, 0.15) is 23.5 Å². The van der Waals surface area contributed by atoms with Gasteiger partial charge in [0.2, 0.25) is 11.8 Å². The molecule has 11 heteroatoms. The molecule has 0 saturated heterocycles. The van der Waals surface area contributed by atoms with E-state index in [0.717, 1.165) is 10.7 Å². The first-order valence-corrected chi connectivity index (χ1v) is 10.1. The number of carbonyl (C=O) groups is 1. The molecule has 3 aromatic heterocycles. The predicted octanol–water partition coefficient (Wildman–Crippen LogP) is 2.71. The van der Waals surface area contributed by atoms with E-state index in [9.17, 15) is 9.59 Å². The Labute approximate surface area is 167 Å². The first kappa shape index (κ1) is 18.4. The number of benzene rings is 1. The molecular weight excluding hydrogens is 400 g/mol. The number of nitrogens with one attached hydrogen (secondary N) is 3. The fourth-order valence-corrected chi connectivity index (χ4v) is 3.87. The van der Waals surface area contributed by atoms with Crippen LogP contribution in [0, 0.1) is 6.92 Å². The molecule has 0 fully saturated rings. The zero-order valence-electron chi connectivity index (χ0n) is 15.0. The maximum atomic E-state index is 12.4. The van der Waals surface area contributed by atoms with Gasteiger partial charge in [-0.25, -0.2) is 9.78 Å². The Hall–Kier alpha value is -2.92. The Morgan fingerprint density at radius 2 is 2.14 bits per heavy atom. The molecule has 28 heavy (non-hydrogen) atoms. The van der Waals surface area contributed by atoms with Gasteiger partial charge in [0.15, 0.2) is 0 Å². The van der Waals surface area contributed by atoms with E-state index < -0.39 is 5.25 Å². The minimum absolute atomic E-state index is 0.211. The number of aromatic amines is 2. The normalized spacial score (nSPS) is 12.4. The van der Waals surface area contributed by atoms with Crippen LogP contribution in [0.2, 0.25) is 0 Å². The molecular formula is C17H16N6O3S2. The Morgan fingerprint density at radius 3 is 2.93 bits per heavy atom. The predicted molar refractivity (Wildman–Crippen MR) is 107 cm³/mol. The molecule has 0 bridgehead atoms. The van der Waals surface area contributed by atoms with Crippen molar-refractivity contribution < 1.29 is 9.21 Å². The number of H-pyrrole nitrogens is 2. The minimum atomic E-state index is -0.448. The highest BCUT2D eigenvalue weighted by Crippen LogP contribution is 2.24. The Kier molecular flexibility index (Phi) is 5.01. The number of carbonyl (C=O) groups excluding carboxylic acids is 1. The summed E-state index contributed by atoms with van der Waals surface area (Å²) in [5.41, 5.74) is 2.49. The topological polar surface area (TPSA) is 130 Å². The number of thioether (sulfide) groups is 1. The van der Waals surface area contributed by atoms with E-state index in [0.29, 0.717) is 34.3 Å². The number of anilines is 1. The summed E-state index contributed by atoms with van der Waals surface area (Å²) in [6.07, 6.45) is 0.466. The van der Waals surface area contributed by atoms with Crippen LogP contribution in [0.5, 0.6) is 0 Å². The third-order valence-corrected chi connectivity index (χ3v) is 5.63. The zero-order chi connectivity index (χ0) is 19.7. The quantitative estimate of drug-likeness (QED) is 0.412. The van der Waals surface area contributed by atoms with Crippen molar-refractivity contribution >= 4 is 45.7 Å². The van der Waals surface area contributed by atoms with Gasteiger partial charge in [-0.2, -0.15) is 0 Å². The number of nitrogens with zero attached hydrogens (tertiary/aromatic N) is 3. The van der Waals surface area contributed by atoms with Crippen LogP contribution in [0.4, 0.5) is 5.69 Å². The Bertz CT molecular complexity index is 1190. The highest BCUT2D eigenvalue weighted by atomic mass is 32.2. The lowest BCUT2D eigenvalue weighted by Gasteiger charge is -2.09. The van der Waals surface area contributed by atoms with Crippen LogP contribution < -0.4 is 11.0 Å². The van der Waals surface area contributed by atoms with Crippen LogP contribution in [-0.2, 0) is 11.2 Å². The monoisotopic (exact) mass is 416 g/mol. The summed E-state index contributed by atoms with van der Waals surface area (Å²) in [7, 11) is 0. The Balaban J connectivity index is 1.37. The molecule has 4 rings (SSSR count). The van der Waals surface area contributed by atoms with Crippen molar-refractivity contribution in [3.63, 3.8) is 0 Å². The molecule has 1 atom stereocenters. The van der Waals surface area contributed by atoms with E-state index in [2.05, 4.69) is 30.5 Å². The molecule has 0 unspecified atom stereocenters. The first-order chi connectivity index (χ1) is 13.5. The maximum absolute atomic E-state index is 12.4. The van der Waals surface area contributed by atoms with Gasteiger partial charge in [-0.1, -0.05) is 11.8 Å². The average Bonchev–Trinajstić information content (AvgIpc) is 3.35. The summed E-state index contributed by atoms with van der Waals surface area (Å²) in [6.45, 7) is 3.69. The number of imidazole rings is 1.